The molecule has 0 bridgehead atoms. The van der Waals surface area contributed by atoms with E-state index >= 15 is 0 Å². The minimum atomic E-state index is 0.646. The van der Waals surface area contributed by atoms with Crippen molar-refractivity contribution in [1.82, 2.24) is 9.97 Å². The molecule has 1 aliphatic carbocycles. The number of hydrogen-bond donors (Lipinski definition) is 0. The van der Waals surface area contributed by atoms with Crippen LogP contribution in [0, 0.1) is 0 Å². The lowest BCUT2D eigenvalue weighted by Crippen LogP contribution is -2.30. The Bertz CT molecular complexity index is 420. The van der Waals surface area contributed by atoms with Crippen molar-refractivity contribution in [1.29, 1.82) is 0 Å². The molecule has 0 aromatic carbocycles. The first-order chi connectivity index (χ1) is 9.36. The fraction of sp³-hybridized carbons (Fsp3) is 0.733. The van der Waals surface area contributed by atoms with E-state index in [0.717, 1.165) is 30.0 Å². The number of rotatable bonds is 4. The monoisotopic (exact) mass is 277 g/mol. The van der Waals surface area contributed by atoms with Crippen molar-refractivity contribution in [2.45, 2.75) is 50.2 Å². The Balaban J connectivity index is 1.73. The van der Waals surface area contributed by atoms with Gasteiger partial charge in [-0.05, 0) is 37.5 Å². The Kier molecular flexibility index (Phi) is 4.26. The van der Waals surface area contributed by atoms with Gasteiger partial charge in [-0.1, -0.05) is 13.3 Å². The quantitative estimate of drug-likeness (QED) is 0.842. The second-order valence-electron chi connectivity index (χ2n) is 5.57. The number of anilines is 1. The summed E-state index contributed by atoms with van der Waals surface area (Å²) in [6, 6.07) is 2.09. The Morgan fingerprint density at radius 2 is 2.21 bits per heavy atom. The molecular formula is C15H23N3S. The summed E-state index contributed by atoms with van der Waals surface area (Å²) in [5.74, 6) is 4.09. The van der Waals surface area contributed by atoms with E-state index in [4.69, 9.17) is 4.98 Å². The third kappa shape index (κ3) is 3.41. The summed E-state index contributed by atoms with van der Waals surface area (Å²) in [6.45, 7) is 4.57. The Hall–Kier alpha value is -0.770. The van der Waals surface area contributed by atoms with E-state index < -0.39 is 0 Å². The van der Waals surface area contributed by atoms with Gasteiger partial charge in [0.05, 0.1) is 0 Å². The fourth-order valence-electron chi connectivity index (χ4n) is 2.76. The maximum Gasteiger partial charge on any atom is 0.133 e. The van der Waals surface area contributed by atoms with Gasteiger partial charge in [-0.3, -0.25) is 0 Å². The van der Waals surface area contributed by atoms with Crippen LogP contribution in [0.2, 0.25) is 0 Å². The molecule has 2 heterocycles. The molecule has 1 saturated heterocycles. The van der Waals surface area contributed by atoms with Crippen molar-refractivity contribution in [2.24, 2.45) is 0 Å². The van der Waals surface area contributed by atoms with Crippen LogP contribution in [0.4, 0.5) is 5.82 Å². The zero-order valence-corrected chi connectivity index (χ0v) is 12.5. The molecule has 1 saturated carbocycles. The molecule has 0 N–H and O–H groups in total. The highest BCUT2D eigenvalue weighted by Gasteiger charge is 2.27. The fourth-order valence-corrected chi connectivity index (χ4v) is 3.85. The SMILES string of the molecule is CCSC1CCCCN(c2ccnc(C3CC3)n2)C1. The van der Waals surface area contributed by atoms with Crippen molar-refractivity contribution in [3.63, 3.8) is 0 Å². The van der Waals surface area contributed by atoms with E-state index in [2.05, 4.69) is 34.6 Å². The zero-order chi connectivity index (χ0) is 13.1. The first-order valence-corrected chi connectivity index (χ1v) is 8.61. The molecule has 0 spiro atoms. The summed E-state index contributed by atoms with van der Waals surface area (Å²) < 4.78 is 0. The predicted octanol–water partition coefficient (Wildman–Crippen LogP) is 3.47. The standard InChI is InChI=1S/C15H23N3S/c1-2-19-13-5-3-4-10-18(11-13)14-8-9-16-15(17-14)12-6-7-12/h8-9,12-13H,2-7,10-11H2,1H3. The molecule has 2 aliphatic rings. The second kappa shape index (κ2) is 6.12. The predicted molar refractivity (Wildman–Crippen MR) is 82.0 cm³/mol. The van der Waals surface area contributed by atoms with E-state index in [1.165, 1.54) is 37.9 Å². The van der Waals surface area contributed by atoms with E-state index in [1.54, 1.807) is 0 Å². The van der Waals surface area contributed by atoms with Gasteiger partial charge in [0.15, 0.2) is 0 Å². The van der Waals surface area contributed by atoms with Crippen LogP contribution in [0.1, 0.15) is 50.8 Å². The molecule has 0 amide bonds. The van der Waals surface area contributed by atoms with Crippen LogP contribution in [0.15, 0.2) is 12.3 Å². The molecule has 3 nitrogen and oxygen atoms in total. The molecule has 1 unspecified atom stereocenters. The molecule has 19 heavy (non-hydrogen) atoms. The van der Waals surface area contributed by atoms with Crippen molar-refractivity contribution >= 4 is 17.6 Å². The maximum absolute atomic E-state index is 4.80. The highest BCUT2D eigenvalue weighted by molar-refractivity contribution is 7.99. The highest BCUT2D eigenvalue weighted by atomic mass is 32.2. The molecule has 1 atom stereocenters. The van der Waals surface area contributed by atoms with Crippen LogP contribution in [-0.2, 0) is 0 Å². The lowest BCUT2D eigenvalue weighted by molar-refractivity contribution is 0.735. The Morgan fingerprint density at radius 3 is 3.00 bits per heavy atom. The van der Waals surface area contributed by atoms with Crippen LogP contribution in [-0.4, -0.2) is 34.1 Å². The third-order valence-electron chi connectivity index (χ3n) is 3.96. The first kappa shape index (κ1) is 13.2. The lowest BCUT2D eigenvalue weighted by atomic mass is 10.2. The molecule has 0 radical (unpaired) electrons. The van der Waals surface area contributed by atoms with Gasteiger partial charge < -0.3 is 4.90 Å². The molecule has 1 aliphatic heterocycles. The second-order valence-corrected chi connectivity index (χ2v) is 7.14. The highest BCUT2D eigenvalue weighted by Crippen LogP contribution is 2.38. The molecule has 3 rings (SSSR count). The van der Waals surface area contributed by atoms with Gasteiger partial charge >= 0.3 is 0 Å². The minimum Gasteiger partial charge on any atom is -0.355 e. The number of hydrogen-bond acceptors (Lipinski definition) is 4. The molecule has 104 valence electrons. The maximum atomic E-state index is 4.80. The third-order valence-corrected chi connectivity index (χ3v) is 5.15. The molecular weight excluding hydrogens is 254 g/mol. The molecule has 1 aromatic heterocycles. The zero-order valence-electron chi connectivity index (χ0n) is 11.7. The molecule has 4 heteroatoms. The first-order valence-electron chi connectivity index (χ1n) is 7.56. The lowest BCUT2D eigenvalue weighted by Gasteiger charge is -2.25. The molecule has 1 aromatic rings. The van der Waals surface area contributed by atoms with Gasteiger partial charge in [-0.25, -0.2) is 9.97 Å². The number of thioether (sulfide) groups is 1. The van der Waals surface area contributed by atoms with E-state index in [9.17, 15) is 0 Å². The van der Waals surface area contributed by atoms with Gasteiger partial charge in [-0.2, -0.15) is 11.8 Å². The summed E-state index contributed by atoms with van der Waals surface area (Å²) in [7, 11) is 0. The summed E-state index contributed by atoms with van der Waals surface area (Å²) in [6.07, 6.45) is 8.51. The topological polar surface area (TPSA) is 29.0 Å². The summed E-state index contributed by atoms with van der Waals surface area (Å²) in [5.41, 5.74) is 0. The Morgan fingerprint density at radius 1 is 1.32 bits per heavy atom. The normalized spacial score (nSPS) is 24.3. The average molecular weight is 277 g/mol. The minimum absolute atomic E-state index is 0.646. The average Bonchev–Trinajstić information content (AvgIpc) is 3.27. The van der Waals surface area contributed by atoms with Crippen LogP contribution in [0.3, 0.4) is 0 Å². The van der Waals surface area contributed by atoms with Gasteiger partial charge in [0, 0.05) is 30.5 Å². The van der Waals surface area contributed by atoms with Crippen LogP contribution in [0.25, 0.3) is 0 Å². The van der Waals surface area contributed by atoms with E-state index in [-0.39, 0.29) is 0 Å². The van der Waals surface area contributed by atoms with Crippen LogP contribution < -0.4 is 4.90 Å². The summed E-state index contributed by atoms with van der Waals surface area (Å²) in [4.78, 5) is 11.7. The number of aromatic nitrogens is 2. The van der Waals surface area contributed by atoms with Gasteiger partial charge in [0.25, 0.3) is 0 Å². The Labute approximate surface area is 120 Å². The van der Waals surface area contributed by atoms with Crippen LogP contribution in [0.5, 0.6) is 0 Å². The van der Waals surface area contributed by atoms with Crippen molar-refractivity contribution < 1.29 is 0 Å². The van der Waals surface area contributed by atoms with E-state index in [1.807, 2.05) is 6.20 Å². The van der Waals surface area contributed by atoms with Crippen LogP contribution >= 0.6 is 11.8 Å². The van der Waals surface area contributed by atoms with Gasteiger partial charge in [0.2, 0.25) is 0 Å². The van der Waals surface area contributed by atoms with Crippen molar-refractivity contribution in [3.05, 3.63) is 18.1 Å². The van der Waals surface area contributed by atoms with Crippen molar-refractivity contribution in [2.75, 3.05) is 23.7 Å². The van der Waals surface area contributed by atoms with E-state index in [0.29, 0.717) is 5.92 Å². The largest absolute Gasteiger partial charge is 0.355 e. The summed E-state index contributed by atoms with van der Waals surface area (Å²) in [5, 5.41) is 0.770. The molecule has 2 fully saturated rings. The summed E-state index contributed by atoms with van der Waals surface area (Å²) >= 11 is 2.10. The van der Waals surface area contributed by atoms with Gasteiger partial charge in [-0.15, -0.1) is 0 Å². The smallest absolute Gasteiger partial charge is 0.133 e. The van der Waals surface area contributed by atoms with Crippen molar-refractivity contribution in [3.8, 4) is 0 Å². The van der Waals surface area contributed by atoms with Gasteiger partial charge in [0.1, 0.15) is 11.6 Å². The number of nitrogens with zero attached hydrogens (tertiary/aromatic N) is 3.